The van der Waals surface area contributed by atoms with Crippen LogP contribution in [0.25, 0.3) is 0 Å². The number of benzene rings is 2. The molecule has 1 aliphatic heterocycles. The van der Waals surface area contributed by atoms with Crippen molar-refractivity contribution >= 4 is 11.9 Å². The lowest BCUT2D eigenvalue weighted by Crippen LogP contribution is -2.50. The highest BCUT2D eigenvalue weighted by molar-refractivity contribution is 5.84. The van der Waals surface area contributed by atoms with Gasteiger partial charge in [-0.2, -0.15) is 0 Å². The minimum atomic E-state index is -0.403. The molecule has 4 rings (SSSR count). The van der Waals surface area contributed by atoms with Gasteiger partial charge < -0.3 is 19.7 Å². The zero-order valence-electron chi connectivity index (χ0n) is 19.7. The maximum absolute atomic E-state index is 14.1. The van der Waals surface area contributed by atoms with Crippen molar-refractivity contribution in [3.8, 4) is 0 Å². The van der Waals surface area contributed by atoms with Gasteiger partial charge in [0.1, 0.15) is 12.4 Å². The second-order valence-corrected chi connectivity index (χ2v) is 9.09. The molecule has 0 saturated heterocycles. The van der Waals surface area contributed by atoms with Crippen molar-refractivity contribution in [2.75, 3.05) is 19.6 Å². The van der Waals surface area contributed by atoms with Crippen LogP contribution < -0.4 is 5.32 Å². The van der Waals surface area contributed by atoms with Gasteiger partial charge in [-0.3, -0.25) is 4.79 Å². The summed E-state index contributed by atoms with van der Waals surface area (Å²) in [6.45, 7) is 6.00. The number of carbonyl (C=O) groups excluding carboxylic acids is 2. The molecule has 1 aliphatic rings. The van der Waals surface area contributed by atoms with Crippen molar-refractivity contribution in [1.82, 2.24) is 19.7 Å². The predicted octanol–water partition coefficient (Wildman–Crippen LogP) is 4.43. The van der Waals surface area contributed by atoms with Crippen LogP contribution in [0.15, 0.2) is 72.9 Å². The summed E-state index contributed by atoms with van der Waals surface area (Å²) in [6.07, 6.45) is 1.98. The fraction of sp³-hybridized carbons (Fsp3) is 0.333. The smallest absolute Gasteiger partial charge is 0.318 e. The number of fused-ring (bicyclic) bond motifs is 1. The van der Waals surface area contributed by atoms with Crippen LogP contribution in [0, 0.1) is 11.7 Å². The Balaban J connectivity index is 1.53. The van der Waals surface area contributed by atoms with E-state index in [1.165, 1.54) is 12.1 Å². The maximum Gasteiger partial charge on any atom is 0.318 e. The van der Waals surface area contributed by atoms with Crippen molar-refractivity contribution in [2.24, 2.45) is 5.92 Å². The number of hydrogen-bond acceptors (Lipinski definition) is 2. The molecule has 2 heterocycles. The third kappa shape index (κ3) is 5.47. The van der Waals surface area contributed by atoms with Gasteiger partial charge in [0.15, 0.2) is 0 Å². The Hall–Kier alpha value is -3.61. The van der Waals surface area contributed by atoms with Crippen LogP contribution in [0.4, 0.5) is 9.18 Å². The first-order valence-electron chi connectivity index (χ1n) is 11.7. The highest BCUT2D eigenvalue weighted by Gasteiger charge is 2.33. The number of aromatic nitrogens is 1. The summed E-state index contributed by atoms with van der Waals surface area (Å²) in [7, 11) is 0. The Kier molecular flexibility index (Phi) is 7.30. The molecule has 3 aromatic rings. The van der Waals surface area contributed by atoms with Gasteiger partial charge in [0, 0.05) is 38.1 Å². The fourth-order valence-electron chi connectivity index (χ4n) is 4.48. The molecule has 7 heteroatoms. The van der Waals surface area contributed by atoms with Crippen molar-refractivity contribution < 1.29 is 14.0 Å². The van der Waals surface area contributed by atoms with E-state index in [9.17, 15) is 14.0 Å². The van der Waals surface area contributed by atoms with Gasteiger partial charge in [-0.05, 0) is 41.3 Å². The highest BCUT2D eigenvalue weighted by Crippen LogP contribution is 2.32. The molecular weight excluding hydrogens is 431 g/mol. The number of nitrogens with zero attached hydrogens (tertiary/aromatic N) is 3. The molecule has 0 bridgehead atoms. The molecule has 34 heavy (non-hydrogen) atoms. The maximum atomic E-state index is 14.1. The number of amides is 3. The van der Waals surface area contributed by atoms with E-state index in [0.717, 1.165) is 16.8 Å². The summed E-state index contributed by atoms with van der Waals surface area (Å²) in [4.78, 5) is 29.9. The van der Waals surface area contributed by atoms with Crippen LogP contribution in [0.1, 0.15) is 36.7 Å². The van der Waals surface area contributed by atoms with Gasteiger partial charge in [-0.15, -0.1) is 0 Å². The summed E-state index contributed by atoms with van der Waals surface area (Å²) in [5.41, 5.74) is 2.65. The molecule has 1 atom stereocenters. The first-order valence-corrected chi connectivity index (χ1v) is 11.7. The first kappa shape index (κ1) is 23.5. The van der Waals surface area contributed by atoms with Crippen molar-refractivity contribution in [3.63, 3.8) is 0 Å². The van der Waals surface area contributed by atoms with E-state index in [4.69, 9.17) is 0 Å². The molecule has 1 unspecified atom stereocenters. The molecule has 178 valence electrons. The van der Waals surface area contributed by atoms with Crippen molar-refractivity contribution in [2.45, 2.75) is 33.0 Å². The molecule has 1 N–H and O–H groups in total. The number of rotatable bonds is 7. The summed E-state index contributed by atoms with van der Waals surface area (Å²) >= 11 is 0. The molecule has 0 saturated carbocycles. The largest absolute Gasteiger partial charge is 0.348 e. The van der Waals surface area contributed by atoms with E-state index in [1.807, 2.05) is 68.6 Å². The van der Waals surface area contributed by atoms with Crippen LogP contribution >= 0.6 is 0 Å². The molecule has 6 nitrogen and oxygen atoms in total. The predicted molar refractivity (Wildman–Crippen MR) is 129 cm³/mol. The summed E-state index contributed by atoms with van der Waals surface area (Å²) in [5.74, 6) is -0.291. The van der Waals surface area contributed by atoms with Gasteiger partial charge in [-0.25, -0.2) is 9.18 Å². The standard InChI is InChI=1S/C27H31FN4O2/c1-20(2)18-31(27(34)29-17-21-8-4-3-5-9-21)19-25(33)32-15-14-30-13-7-12-24(30)26(32)22-10-6-11-23(28)16-22/h3-13,16,20,26H,14-15,17-19H2,1-2H3,(H,29,34). The number of urea groups is 1. The lowest BCUT2D eigenvalue weighted by atomic mass is 9.99. The Morgan fingerprint density at radius 2 is 1.85 bits per heavy atom. The van der Waals surface area contributed by atoms with Gasteiger partial charge >= 0.3 is 6.03 Å². The average Bonchev–Trinajstić information content (AvgIpc) is 3.30. The highest BCUT2D eigenvalue weighted by atomic mass is 19.1. The molecule has 0 radical (unpaired) electrons. The summed E-state index contributed by atoms with van der Waals surface area (Å²) in [5, 5.41) is 2.94. The quantitative estimate of drug-likeness (QED) is 0.565. The van der Waals surface area contributed by atoms with Gasteiger partial charge in [0.05, 0.1) is 6.04 Å². The molecule has 0 aliphatic carbocycles. The van der Waals surface area contributed by atoms with Gasteiger partial charge in [0.25, 0.3) is 0 Å². The molecule has 2 aromatic carbocycles. The molecular formula is C27H31FN4O2. The average molecular weight is 463 g/mol. The third-order valence-corrected chi connectivity index (χ3v) is 6.01. The molecule has 1 aromatic heterocycles. The second kappa shape index (κ2) is 10.5. The first-order chi connectivity index (χ1) is 16.4. The fourth-order valence-corrected chi connectivity index (χ4v) is 4.48. The zero-order valence-corrected chi connectivity index (χ0v) is 19.7. The SMILES string of the molecule is CC(C)CN(CC(=O)N1CCn2cccc2C1c1cccc(F)c1)C(=O)NCc1ccccc1. The number of hydrogen-bond donors (Lipinski definition) is 1. The van der Waals surface area contributed by atoms with Gasteiger partial charge in [-0.1, -0.05) is 56.3 Å². The van der Waals surface area contributed by atoms with E-state index in [0.29, 0.717) is 26.2 Å². The Bertz CT molecular complexity index is 1130. The van der Waals surface area contributed by atoms with E-state index in [2.05, 4.69) is 9.88 Å². The molecule has 0 spiro atoms. The van der Waals surface area contributed by atoms with Crippen LogP contribution in [-0.4, -0.2) is 45.9 Å². The van der Waals surface area contributed by atoms with E-state index < -0.39 is 6.04 Å². The molecule has 3 amide bonds. The van der Waals surface area contributed by atoms with Crippen LogP contribution in [0.2, 0.25) is 0 Å². The third-order valence-electron chi connectivity index (χ3n) is 6.01. The van der Waals surface area contributed by atoms with Crippen molar-refractivity contribution in [3.05, 3.63) is 95.6 Å². The zero-order chi connectivity index (χ0) is 24.1. The Labute approximate surface area is 200 Å². The number of carbonyl (C=O) groups is 2. The number of nitrogens with one attached hydrogen (secondary N) is 1. The Morgan fingerprint density at radius 1 is 1.06 bits per heavy atom. The number of halogens is 1. The summed E-state index contributed by atoms with van der Waals surface area (Å²) < 4.78 is 16.2. The van der Waals surface area contributed by atoms with E-state index in [1.54, 1.807) is 15.9 Å². The van der Waals surface area contributed by atoms with Crippen molar-refractivity contribution in [1.29, 1.82) is 0 Å². The van der Waals surface area contributed by atoms with E-state index in [-0.39, 0.29) is 30.2 Å². The van der Waals surface area contributed by atoms with Crippen LogP contribution in [0.5, 0.6) is 0 Å². The normalized spacial score (nSPS) is 15.2. The lowest BCUT2D eigenvalue weighted by molar-refractivity contribution is -0.134. The Morgan fingerprint density at radius 3 is 2.59 bits per heavy atom. The minimum absolute atomic E-state index is 0.0364. The monoisotopic (exact) mass is 462 g/mol. The summed E-state index contributed by atoms with van der Waals surface area (Å²) in [6, 6.07) is 19.3. The van der Waals surface area contributed by atoms with E-state index >= 15 is 0 Å². The van der Waals surface area contributed by atoms with Crippen LogP contribution in [-0.2, 0) is 17.9 Å². The minimum Gasteiger partial charge on any atom is -0.348 e. The molecule has 0 fully saturated rings. The topological polar surface area (TPSA) is 57.6 Å². The second-order valence-electron chi connectivity index (χ2n) is 9.09. The van der Waals surface area contributed by atoms with Crippen LogP contribution in [0.3, 0.4) is 0 Å². The van der Waals surface area contributed by atoms with Gasteiger partial charge in [0.2, 0.25) is 5.91 Å². The lowest BCUT2D eigenvalue weighted by Gasteiger charge is -2.38.